The molecule has 0 saturated carbocycles. The normalized spacial score (nSPS) is 21.1. The minimum Gasteiger partial charge on any atom is -0.508 e. The Morgan fingerprint density at radius 3 is 2.50 bits per heavy atom. The molecule has 4 heteroatoms. The molecular weight excluding hydrogens is 259 g/mol. The van der Waals surface area contributed by atoms with Gasteiger partial charge in [0.2, 0.25) is 0 Å². The van der Waals surface area contributed by atoms with Crippen LogP contribution in [-0.2, 0) is 0 Å². The van der Waals surface area contributed by atoms with E-state index < -0.39 is 5.82 Å². The van der Waals surface area contributed by atoms with Crippen molar-refractivity contribution >= 4 is 0 Å². The number of rotatable bonds is 1. The first kappa shape index (κ1) is 12.8. The molecule has 0 fully saturated rings. The lowest BCUT2D eigenvalue weighted by molar-refractivity contribution is 0.236. The zero-order valence-corrected chi connectivity index (χ0v) is 11.0. The van der Waals surface area contributed by atoms with Crippen molar-refractivity contribution in [3.05, 3.63) is 53.3 Å². The average molecular weight is 274 g/mol. The number of hydrogen-bond acceptors (Lipinski definition) is 3. The minimum atomic E-state index is -0.613. The number of phenolic OH excluding ortho intramolecular Hbond substituents is 2. The van der Waals surface area contributed by atoms with E-state index in [-0.39, 0.29) is 23.3 Å². The van der Waals surface area contributed by atoms with E-state index in [2.05, 4.69) is 0 Å². The second-order valence-corrected chi connectivity index (χ2v) is 5.11. The SMILES string of the molecule is CC1c2c(ccc(O)c2F)OC[C@H]1c1ccc(O)cc1. The van der Waals surface area contributed by atoms with Gasteiger partial charge in [0, 0.05) is 11.5 Å². The van der Waals surface area contributed by atoms with E-state index >= 15 is 0 Å². The molecule has 0 radical (unpaired) electrons. The van der Waals surface area contributed by atoms with Gasteiger partial charge in [0.1, 0.15) is 11.5 Å². The Hall–Kier alpha value is -2.23. The molecule has 3 rings (SSSR count). The first-order chi connectivity index (χ1) is 9.58. The van der Waals surface area contributed by atoms with Crippen LogP contribution in [0.1, 0.15) is 29.9 Å². The van der Waals surface area contributed by atoms with E-state index in [0.29, 0.717) is 17.9 Å². The fourth-order valence-electron chi connectivity index (χ4n) is 2.75. The van der Waals surface area contributed by atoms with Gasteiger partial charge in [-0.25, -0.2) is 4.39 Å². The largest absolute Gasteiger partial charge is 0.508 e. The Balaban J connectivity index is 2.02. The summed E-state index contributed by atoms with van der Waals surface area (Å²) in [5.41, 5.74) is 1.39. The van der Waals surface area contributed by atoms with Crippen molar-refractivity contribution < 1.29 is 19.3 Å². The molecule has 2 aromatic carbocycles. The third-order valence-corrected chi connectivity index (χ3v) is 3.92. The van der Waals surface area contributed by atoms with Crippen molar-refractivity contribution in [1.82, 2.24) is 0 Å². The van der Waals surface area contributed by atoms with Gasteiger partial charge >= 0.3 is 0 Å². The first-order valence-corrected chi connectivity index (χ1v) is 6.51. The number of hydrogen-bond donors (Lipinski definition) is 2. The van der Waals surface area contributed by atoms with Gasteiger partial charge in [-0.1, -0.05) is 19.1 Å². The average Bonchev–Trinajstić information content (AvgIpc) is 2.44. The van der Waals surface area contributed by atoms with Crippen molar-refractivity contribution in [3.8, 4) is 17.2 Å². The molecule has 0 aliphatic carbocycles. The second-order valence-electron chi connectivity index (χ2n) is 5.11. The third-order valence-electron chi connectivity index (χ3n) is 3.92. The Bertz CT molecular complexity index is 637. The molecule has 2 atom stereocenters. The van der Waals surface area contributed by atoms with Crippen LogP contribution in [0.25, 0.3) is 0 Å². The van der Waals surface area contributed by atoms with Crippen LogP contribution in [0.15, 0.2) is 36.4 Å². The zero-order chi connectivity index (χ0) is 14.3. The molecular formula is C16H15FO3. The highest BCUT2D eigenvalue weighted by molar-refractivity contribution is 5.47. The Morgan fingerprint density at radius 2 is 1.80 bits per heavy atom. The summed E-state index contributed by atoms with van der Waals surface area (Å²) in [5, 5.41) is 18.9. The molecule has 1 aliphatic heterocycles. The molecule has 3 nitrogen and oxygen atoms in total. The summed E-state index contributed by atoms with van der Waals surface area (Å²) in [6, 6.07) is 9.74. The molecule has 0 bridgehead atoms. The van der Waals surface area contributed by atoms with E-state index in [9.17, 15) is 14.6 Å². The van der Waals surface area contributed by atoms with E-state index in [4.69, 9.17) is 4.74 Å². The number of halogens is 1. The maximum Gasteiger partial charge on any atom is 0.171 e. The van der Waals surface area contributed by atoms with Crippen molar-refractivity contribution in [2.45, 2.75) is 18.8 Å². The zero-order valence-electron chi connectivity index (χ0n) is 11.0. The Morgan fingerprint density at radius 1 is 1.10 bits per heavy atom. The summed E-state index contributed by atoms with van der Waals surface area (Å²) in [4.78, 5) is 0. The maximum absolute atomic E-state index is 14.1. The second kappa shape index (κ2) is 4.71. The van der Waals surface area contributed by atoms with Crippen molar-refractivity contribution in [2.24, 2.45) is 0 Å². The van der Waals surface area contributed by atoms with Crippen molar-refractivity contribution in [2.75, 3.05) is 6.61 Å². The highest BCUT2D eigenvalue weighted by Gasteiger charge is 2.32. The monoisotopic (exact) mass is 274 g/mol. The highest BCUT2D eigenvalue weighted by atomic mass is 19.1. The predicted octanol–water partition coefficient (Wildman–Crippen LogP) is 3.52. The van der Waals surface area contributed by atoms with Crippen molar-refractivity contribution in [1.29, 1.82) is 0 Å². The standard InChI is InChI=1S/C16H15FO3/c1-9-12(10-2-4-11(18)5-3-10)8-20-14-7-6-13(19)16(17)15(9)14/h2-7,9,12,18-19H,8H2,1H3/t9?,12-/m1/s1. The topological polar surface area (TPSA) is 49.7 Å². The van der Waals surface area contributed by atoms with Crippen LogP contribution in [0.5, 0.6) is 17.2 Å². The van der Waals surface area contributed by atoms with Crippen LogP contribution >= 0.6 is 0 Å². The summed E-state index contributed by atoms with van der Waals surface area (Å²) in [5.74, 6) is -0.413. The lowest BCUT2D eigenvalue weighted by Crippen LogP contribution is -2.23. The van der Waals surface area contributed by atoms with Gasteiger partial charge in [0.25, 0.3) is 0 Å². The molecule has 2 aromatic rings. The smallest absolute Gasteiger partial charge is 0.171 e. The summed E-state index contributed by atoms with van der Waals surface area (Å²) >= 11 is 0. The number of phenols is 2. The molecule has 1 unspecified atom stereocenters. The van der Waals surface area contributed by atoms with Crippen LogP contribution in [0.2, 0.25) is 0 Å². The Labute approximate surface area is 116 Å². The molecule has 0 aromatic heterocycles. The predicted molar refractivity (Wildman–Crippen MR) is 72.8 cm³/mol. The van der Waals surface area contributed by atoms with Gasteiger partial charge in [-0.3, -0.25) is 0 Å². The third kappa shape index (κ3) is 1.97. The van der Waals surface area contributed by atoms with Crippen LogP contribution in [0.4, 0.5) is 4.39 Å². The fourth-order valence-corrected chi connectivity index (χ4v) is 2.75. The van der Waals surface area contributed by atoms with Crippen LogP contribution in [-0.4, -0.2) is 16.8 Å². The lowest BCUT2D eigenvalue weighted by atomic mass is 9.81. The van der Waals surface area contributed by atoms with E-state index in [1.165, 1.54) is 6.07 Å². The molecule has 1 aliphatic rings. The molecule has 20 heavy (non-hydrogen) atoms. The number of fused-ring (bicyclic) bond motifs is 1. The van der Waals surface area contributed by atoms with E-state index in [1.54, 1.807) is 18.2 Å². The van der Waals surface area contributed by atoms with Crippen LogP contribution < -0.4 is 4.74 Å². The molecule has 2 N–H and O–H groups in total. The first-order valence-electron chi connectivity index (χ1n) is 6.51. The van der Waals surface area contributed by atoms with E-state index in [0.717, 1.165) is 5.56 Å². The van der Waals surface area contributed by atoms with E-state index in [1.807, 2.05) is 19.1 Å². The highest BCUT2D eigenvalue weighted by Crippen LogP contribution is 2.45. The molecule has 1 heterocycles. The van der Waals surface area contributed by atoms with Gasteiger partial charge in [0.15, 0.2) is 11.6 Å². The summed E-state index contributed by atoms with van der Waals surface area (Å²) < 4.78 is 19.7. The minimum absolute atomic E-state index is 0.0144. The fraction of sp³-hybridized carbons (Fsp3) is 0.250. The van der Waals surface area contributed by atoms with Gasteiger partial charge in [-0.2, -0.15) is 0 Å². The quantitative estimate of drug-likeness (QED) is 0.836. The van der Waals surface area contributed by atoms with Gasteiger partial charge in [-0.15, -0.1) is 0 Å². The summed E-state index contributed by atoms with van der Waals surface area (Å²) in [6.45, 7) is 2.37. The summed E-state index contributed by atoms with van der Waals surface area (Å²) in [6.07, 6.45) is 0. The van der Waals surface area contributed by atoms with Gasteiger partial charge in [0.05, 0.1) is 6.61 Å². The maximum atomic E-state index is 14.1. The summed E-state index contributed by atoms with van der Waals surface area (Å²) in [7, 11) is 0. The molecule has 0 amide bonds. The lowest BCUT2D eigenvalue weighted by Gasteiger charge is -2.32. The Kier molecular flexibility index (Phi) is 3.01. The van der Waals surface area contributed by atoms with Crippen LogP contribution in [0.3, 0.4) is 0 Å². The molecule has 104 valence electrons. The number of benzene rings is 2. The number of aromatic hydroxyl groups is 2. The molecule has 0 spiro atoms. The van der Waals surface area contributed by atoms with Gasteiger partial charge in [-0.05, 0) is 35.7 Å². The van der Waals surface area contributed by atoms with Crippen molar-refractivity contribution in [3.63, 3.8) is 0 Å². The number of ether oxygens (including phenoxy) is 1. The molecule has 0 saturated heterocycles. The van der Waals surface area contributed by atoms with Crippen LogP contribution in [0, 0.1) is 5.82 Å². The van der Waals surface area contributed by atoms with Gasteiger partial charge < -0.3 is 14.9 Å².